The molecule has 0 aliphatic heterocycles. The number of rotatable bonds is 5. The van der Waals surface area contributed by atoms with E-state index in [1.54, 1.807) is 0 Å². The molecule has 6 nitrogen and oxygen atoms in total. The van der Waals surface area contributed by atoms with E-state index in [0.29, 0.717) is 0 Å². The first-order valence-electron chi connectivity index (χ1n) is 5.48. The lowest BCUT2D eigenvalue weighted by molar-refractivity contribution is -0.133. The summed E-state index contributed by atoms with van der Waals surface area (Å²) in [4.78, 5) is 10.6. The average Bonchev–Trinajstić information content (AvgIpc) is 2.78. The zero-order valence-corrected chi connectivity index (χ0v) is 12.7. The number of aromatic nitrogens is 3. The fourth-order valence-electron chi connectivity index (χ4n) is 1.60. The molecule has 0 bridgehead atoms. The van der Waals surface area contributed by atoms with Crippen molar-refractivity contribution in [2.24, 2.45) is 0 Å². The monoisotopic (exact) mass is 379 g/mol. The van der Waals surface area contributed by atoms with Crippen LogP contribution in [-0.4, -0.2) is 36.7 Å². The fourth-order valence-corrected chi connectivity index (χ4v) is 2.67. The normalized spacial score (nSPS) is 10.9. The molecule has 1 heterocycles. The molecule has 2 rings (SSSR count). The predicted octanol–water partition coefficient (Wildman–Crippen LogP) is 1.98. The molecule has 0 atom stereocenters. The van der Waals surface area contributed by atoms with Gasteiger partial charge in [-0.05, 0) is 12.1 Å². The molecule has 0 fully saturated rings. The summed E-state index contributed by atoms with van der Waals surface area (Å²) in [5, 5.41) is 25.1. The molecule has 0 amide bonds. The summed E-state index contributed by atoms with van der Waals surface area (Å²) in [7, 11) is 0. The predicted molar refractivity (Wildman–Crippen MR) is 73.3 cm³/mol. The Morgan fingerprint density at radius 3 is 2.48 bits per heavy atom. The van der Waals surface area contributed by atoms with E-state index in [9.17, 15) is 18.7 Å². The standard InChI is InChI=1S/C11H8BrF2N3O3S/c12-5-1-6(13)10(7(14)2-5)17-8(3-18)15-16-11(17)21-4-9(19)20/h1-2,18H,3-4H2,(H,19,20). The third kappa shape index (κ3) is 3.39. The van der Waals surface area contributed by atoms with Gasteiger partial charge in [0, 0.05) is 4.47 Å². The summed E-state index contributed by atoms with van der Waals surface area (Å²) in [6.45, 7) is -0.602. The first-order chi connectivity index (χ1) is 9.93. The van der Waals surface area contributed by atoms with E-state index in [1.165, 1.54) is 0 Å². The van der Waals surface area contributed by atoms with Crippen molar-refractivity contribution in [3.63, 3.8) is 0 Å². The Kier molecular flexibility index (Phi) is 4.91. The van der Waals surface area contributed by atoms with Crippen molar-refractivity contribution in [2.75, 3.05) is 5.75 Å². The molecule has 0 saturated carbocycles. The highest BCUT2D eigenvalue weighted by Crippen LogP contribution is 2.28. The van der Waals surface area contributed by atoms with Gasteiger partial charge in [-0.15, -0.1) is 10.2 Å². The second-order valence-electron chi connectivity index (χ2n) is 3.79. The van der Waals surface area contributed by atoms with E-state index in [2.05, 4.69) is 26.1 Å². The minimum Gasteiger partial charge on any atom is -0.481 e. The second-order valence-corrected chi connectivity index (χ2v) is 5.65. The Morgan fingerprint density at radius 2 is 1.95 bits per heavy atom. The number of carboxylic acid groups (broad SMARTS) is 1. The number of aliphatic hydroxyl groups excluding tert-OH is 1. The van der Waals surface area contributed by atoms with Crippen LogP contribution in [0.5, 0.6) is 0 Å². The largest absolute Gasteiger partial charge is 0.481 e. The maximum absolute atomic E-state index is 14.0. The van der Waals surface area contributed by atoms with Crippen molar-refractivity contribution in [1.82, 2.24) is 14.8 Å². The van der Waals surface area contributed by atoms with Crippen molar-refractivity contribution < 1.29 is 23.8 Å². The van der Waals surface area contributed by atoms with Crippen LogP contribution >= 0.6 is 27.7 Å². The number of hydrogen-bond acceptors (Lipinski definition) is 5. The lowest BCUT2D eigenvalue weighted by Crippen LogP contribution is -2.09. The van der Waals surface area contributed by atoms with Gasteiger partial charge in [0.2, 0.25) is 0 Å². The van der Waals surface area contributed by atoms with Gasteiger partial charge in [-0.25, -0.2) is 8.78 Å². The van der Waals surface area contributed by atoms with Crippen LogP contribution in [0.15, 0.2) is 21.8 Å². The molecule has 1 aromatic heterocycles. The number of aliphatic carboxylic acids is 1. The summed E-state index contributed by atoms with van der Waals surface area (Å²) >= 11 is 3.70. The highest BCUT2D eigenvalue weighted by atomic mass is 79.9. The van der Waals surface area contributed by atoms with Crippen molar-refractivity contribution in [1.29, 1.82) is 0 Å². The Morgan fingerprint density at radius 1 is 1.33 bits per heavy atom. The molecule has 112 valence electrons. The Labute approximate surface area is 129 Å². The van der Waals surface area contributed by atoms with E-state index < -0.39 is 29.9 Å². The number of nitrogens with zero attached hydrogens (tertiary/aromatic N) is 3. The highest BCUT2D eigenvalue weighted by molar-refractivity contribution is 9.10. The summed E-state index contributed by atoms with van der Waals surface area (Å²) in [5.74, 6) is -3.36. The Balaban J connectivity index is 2.56. The van der Waals surface area contributed by atoms with Gasteiger partial charge < -0.3 is 10.2 Å². The van der Waals surface area contributed by atoms with Crippen LogP contribution < -0.4 is 0 Å². The van der Waals surface area contributed by atoms with Crippen molar-refractivity contribution in [2.45, 2.75) is 11.8 Å². The summed E-state index contributed by atoms with van der Waals surface area (Å²) in [5.41, 5.74) is -0.472. The van der Waals surface area contributed by atoms with E-state index in [-0.39, 0.29) is 21.2 Å². The number of thioether (sulfide) groups is 1. The fraction of sp³-hybridized carbons (Fsp3) is 0.182. The Hall–Kier alpha value is -1.52. The average molecular weight is 380 g/mol. The summed E-state index contributed by atoms with van der Waals surface area (Å²) < 4.78 is 29.2. The number of carboxylic acids is 1. The van der Waals surface area contributed by atoms with Gasteiger partial charge in [0.1, 0.15) is 12.3 Å². The molecule has 2 aromatic rings. The van der Waals surface area contributed by atoms with Gasteiger partial charge >= 0.3 is 5.97 Å². The van der Waals surface area contributed by atoms with Crippen LogP contribution in [0.1, 0.15) is 5.82 Å². The lowest BCUT2D eigenvalue weighted by Gasteiger charge is -2.11. The number of carbonyl (C=O) groups is 1. The van der Waals surface area contributed by atoms with Crippen LogP contribution in [0.25, 0.3) is 5.69 Å². The van der Waals surface area contributed by atoms with Crippen LogP contribution in [0.2, 0.25) is 0 Å². The van der Waals surface area contributed by atoms with Gasteiger partial charge in [-0.3, -0.25) is 9.36 Å². The second kappa shape index (κ2) is 6.50. The molecule has 0 unspecified atom stereocenters. The third-order valence-corrected chi connectivity index (χ3v) is 3.74. The van der Waals surface area contributed by atoms with E-state index in [1.807, 2.05) is 0 Å². The number of benzene rings is 1. The minimum atomic E-state index is -1.11. The van der Waals surface area contributed by atoms with Gasteiger partial charge in [-0.1, -0.05) is 27.7 Å². The van der Waals surface area contributed by atoms with Gasteiger partial charge in [0.05, 0.1) is 5.75 Å². The molecule has 0 aliphatic rings. The van der Waals surface area contributed by atoms with E-state index in [0.717, 1.165) is 28.5 Å². The minimum absolute atomic E-state index is 0.0263. The quantitative estimate of drug-likeness (QED) is 0.772. The van der Waals surface area contributed by atoms with Gasteiger partial charge in [0.25, 0.3) is 0 Å². The van der Waals surface area contributed by atoms with Crippen LogP contribution in [0.3, 0.4) is 0 Å². The maximum Gasteiger partial charge on any atom is 0.313 e. The topological polar surface area (TPSA) is 88.2 Å². The molecule has 0 aliphatic carbocycles. The zero-order valence-electron chi connectivity index (χ0n) is 10.3. The van der Waals surface area contributed by atoms with Crippen molar-refractivity contribution >= 4 is 33.7 Å². The molecule has 0 radical (unpaired) electrons. The first-order valence-corrected chi connectivity index (χ1v) is 7.26. The Bertz CT molecular complexity index is 672. The van der Waals surface area contributed by atoms with Crippen LogP contribution in [0.4, 0.5) is 8.78 Å². The van der Waals surface area contributed by atoms with Crippen LogP contribution in [0, 0.1) is 11.6 Å². The maximum atomic E-state index is 14.0. The highest BCUT2D eigenvalue weighted by Gasteiger charge is 2.21. The molecule has 0 spiro atoms. The zero-order chi connectivity index (χ0) is 15.6. The van der Waals surface area contributed by atoms with Gasteiger partial charge in [0.15, 0.2) is 22.6 Å². The number of halogens is 3. The number of hydrogen-bond donors (Lipinski definition) is 2. The molecule has 21 heavy (non-hydrogen) atoms. The van der Waals surface area contributed by atoms with Crippen LogP contribution in [-0.2, 0) is 11.4 Å². The third-order valence-electron chi connectivity index (χ3n) is 2.37. The summed E-state index contributed by atoms with van der Waals surface area (Å²) in [6.07, 6.45) is 0. The van der Waals surface area contributed by atoms with E-state index in [4.69, 9.17) is 5.11 Å². The number of aliphatic hydroxyl groups is 1. The molecular formula is C11H8BrF2N3O3S. The first kappa shape index (κ1) is 15.9. The molecule has 1 aromatic carbocycles. The van der Waals surface area contributed by atoms with Gasteiger partial charge in [-0.2, -0.15) is 0 Å². The lowest BCUT2D eigenvalue weighted by atomic mass is 10.3. The van der Waals surface area contributed by atoms with Crippen molar-refractivity contribution in [3.8, 4) is 5.69 Å². The smallest absolute Gasteiger partial charge is 0.313 e. The van der Waals surface area contributed by atoms with E-state index >= 15 is 0 Å². The molecule has 0 saturated heterocycles. The SMILES string of the molecule is O=C(O)CSc1nnc(CO)n1-c1c(F)cc(Br)cc1F. The molecule has 2 N–H and O–H groups in total. The molecule has 10 heteroatoms. The molecular weight excluding hydrogens is 372 g/mol. The van der Waals surface area contributed by atoms with Crippen molar-refractivity contribution in [3.05, 3.63) is 34.1 Å². The summed E-state index contributed by atoms with van der Waals surface area (Å²) in [6, 6.07) is 2.09.